The predicted molar refractivity (Wildman–Crippen MR) is 60.8 cm³/mol. The van der Waals surface area contributed by atoms with Crippen LogP contribution in [0.4, 0.5) is 0 Å². The molecule has 0 aromatic carbocycles. The molecule has 8 heteroatoms. The van der Waals surface area contributed by atoms with Crippen LogP contribution in [0.25, 0.3) is 0 Å². The number of primary amides is 1. The Morgan fingerprint density at radius 1 is 1.59 bits per heavy atom. The van der Waals surface area contributed by atoms with Crippen molar-refractivity contribution in [3.8, 4) is 0 Å². The third-order valence-corrected chi connectivity index (χ3v) is 3.60. The number of nitrogens with two attached hydrogens (primary N) is 1. The van der Waals surface area contributed by atoms with Crippen LogP contribution in [0, 0.1) is 0 Å². The van der Waals surface area contributed by atoms with Crippen LogP contribution in [0.15, 0.2) is 17.2 Å². The fourth-order valence-corrected chi connectivity index (χ4v) is 2.44. The first-order valence-electron chi connectivity index (χ1n) is 4.95. The molecule has 7 nitrogen and oxygen atoms in total. The Kier molecular flexibility index (Phi) is 4.27. The molecule has 0 aliphatic heterocycles. The molecule has 0 bridgehead atoms. The Bertz CT molecular complexity index is 506. The van der Waals surface area contributed by atoms with Crippen molar-refractivity contribution in [2.45, 2.75) is 11.3 Å². The van der Waals surface area contributed by atoms with Crippen molar-refractivity contribution in [3.05, 3.63) is 18.0 Å². The van der Waals surface area contributed by atoms with E-state index in [4.69, 9.17) is 10.8 Å². The molecule has 0 aliphatic carbocycles. The average molecular weight is 261 g/mol. The summed E-state index contributed by atoms with van der Waals surface area (Å²) >= 11 is 0. The van der Waals surface area contributed by atoms with Gasteiger partial charge in [0, 0.05) is 26.4 Å². The van der Waals surface area contributed by atoms with Crippen molar-refractivity contribution in [1.29, 1.82) is 0 Å². The maximum atomic E-state index is 11.7. The molecule has 4 N–H and O–H groups in total. The summed E-state index contributed by atoms with van der Waals surface area (Å²) in [6, 6.07) is 1.21. The molecule has 0 aliphatic rings. The normalized spacial score (nSPS) is 11.6. The zero-order chi connectivity index (χ0) is 13.1. The van der Waals surface area contributed by atoms with Gasteiger partial charge in [-0.3, -0.25) is 4.79 Å². The fourth-order valence-electron chi connectivity index (χ4n) is 1.30. The van der Waals surface area contributed by atoms with Gasteiger partial charge in [0.25, 0.3) is 5.91 Å². The first-order chi connectivity index (χ1) is 7.88. The average Bonchev–Trinajstić information content (AvgIpc) is 2.61. The highest BCUT2D eigenvalue weighted by Crippen LogP contribution is 2.12. The molecular formula is C9H15N3O4S. The van der Waals surface area contributed by atoms with Gasteiger partial charge in [0.15, 0.2) is 0 Å². The molecule has 0 spiro atoms. The summed E-state index contributed by atoms with van der Waals surface area (Å²) < 4.78 is 27.1. The second-order valence-electron chi connectivity index (χ2n) is 3.51. The first kappa shape index (κ1) is 13.7. The molecule has 0 radical (unpaired) electrons. The van der Waals surface area contributed by atoms with Crippen molar-refractivity contribution in [2.24, 2.45) is 12.8 Å². The van der Waals surface area contributed by atoms with Crippen LogP contribution < -0.4 is 10.5 Å². The maximum Gasteiger partial charge on any atom is 0.265 e. The van der Waals surface area contributed by atoms with Gasteiger partial charge >= 0.3 is 0 Å². The lowest BCUT2D eigenvalue weighted by Crippen LogP contribution is -2.25. The number of rotatable bonds is 6. The highest BCUT2D eigenvalue weighted by molar-refractivity contribution is 7.89. The summed E-state index contributed by atoms with van der Waals surface area (Å²) in [5.74, 6) is -0.690. The quantitative estimate of drug-likeness (QED) is 0.557. The highest BCUT2D eigenvalue weighted by Gasteiger charge is 2.18. The number of hydrogen-bond acceptors (Lipinski definition) is 4. The Hall–Kier alpha value is -1.38. The van der Waals surface area contributed by atoms with Crippen molar-refractivity contribution in [1.82, 2.24) is 9.29 Å². The number of carbonyl (C=O) groups excluding carboxylic acids is 1. The van der Waals surface area contributed by atoms with Crippen molar-refractivity contribution >= 4 is 15.9 Å². The lowest BCUT2D eigenvalue weighted by atomic mass is 10.4. The summed E-state index contributed by atoms with van der Waals surface area (Å²) in [4.78, 5) is 11.0. The smallest absolute Gasteiger partial charge is 0.265 e. The number of sulfonamides is 1. The van der Waals surface area contributed by atoms with Gasteiger partial charge in [-0.2, -0.15) is 0 Å². The summed E-state index contributed by atoms with van der Waals surface area (Å²) in [6.07, 6.45) is 1.64. The summed E-state index contributed by atoms with van der Waals surface area (Å²) in [6.45, 7) is 0.0451. The summed E-state index contributed by atoms with van der Waals surface area (Å²) in [5, 5.41) is 8.55. The molecule has 0 saturated carbocycles. The van der Waals surface area contributed by atoms with Gasteiger partial charge in [-0.25, -0.2) is 13.1 Å². The van der Waals surface area contributed by atoms with Gasteiger partial charge in [-0.15, -0.1) is 0 Å². The number of aromatic nitrogens is 1. The van der Waals surface area contributed by atoms with E-state index in [1.165, 1.54) is 23.9 Å². The predicted octanol–water partition coefficient (Wildman–Crippen LogP) is -1.22. The van der Waals surface area contributed by atoms with Crippen LogP contribution in [0.5, 0.6) is 0 Å². The molecule has 0 fully saturated rings. The number of amides is 1. The molecule has 0 atom stereocenters. The molecule has 96 valence electrons. The molecule has 1 aromatic heterocycles. The molecule has 0 saturated heterocycles. The van der Waals surface area contributed by atoms with Crippen LogP contribution in [-0.4, -0.2) is 37.2 Å². The highest BCUT2D eigenvalue weighted by atomic mass is 32.2. The van der Waals surface area contributed by atoms with E-state index in [0.29, 0.717) is 6.42 Å². The lowest BCUT2D eigenvalue weighted by molar-refractivity contribution is 0.0992. The van der Waals surface area contributed by atoms with E-state index >= 15 is 0 Å². The van der Waals surface area contributed by atoms with Crippen molar-refractivity contribution < 1.29 is 18.3 Å². The lowest BCUT2D eigenvalue weighted by Gasteiger charge is -2.02. The number of carbonyl (C=O) groups is 1. The minimum absolute atomic E-state index is 0.0215. The number of aliphatic hydroxyl groups is 1. The third kappa shape index (κ3) is 3.29. The Morgan fingerprint density at radius 2 is 2.24 bits per heavy atom. The van der Waals surface area contributed by atoms with E-state index < -0.39 is 15.9 Å². The fraction of sp³-hybridized carbons (Fsp3) is 0.444. The van der Waals surface area contributed by atoms with Crippen LogP contribution in [-0.2, 0) is 17.1 Å². The largest absolute Gasteiger partial charge is 0.396 e. The van der Waals surface area contributed by atoms with Gasteiger partial charge in [0.2, 0.25) is 10.0 Å². The van der Waals surface area contributed by atoms with Crippen LogP contribution in [0.1, 0.15) is 16.9 Å². The molecule has 17 heavy (non-hydrogen) atoms. The van der Waals surface area contributed by atoms with E-state index in [-0.39, 0.29) is 23.7 Å². The zero-order valence-corrected chi connectivity index (χ0v) is 10.2. The number of aryl methyl sites for hydroxylation is 1. The van der Waals surface area contributed by atoms with E-state index in [9.17, 15) is 13.2 Å². The van der Waals surface area contributed by atoms with E-state index in [1.807, 2.05) is 0 Å². The van der Waals surface area contributed by atoms with Gasteiger partial charge in [-0.1, -0.05) is 0 Å². The monoisotopic (exact) mass is 261 g/mol. The van der Waals surface area contributed by atoms with Crippen LogP contribution in [0.3, 0.4) is 0 Å². The van der Waals surface area contributed by atoms with E-state index in [0.717, 1.165) is 0 Å². The number of nitrogens with one attached hydrogen (secondary N) is 1. The maximum absolute atomic E-state index is 11.7. The van der Waals surface area contributed by atoms with Gasteiger partial charge in [-0.05, 0) is 12.5 Å². The Morgan fingerprint density at radius 3 is 2.71 bits per heavy atom. The van der Waals surface area contributed by atoms with E-state index in [2.05, 4.69) is 4.72 Å². The molecule has 1 amide bonds. The number of hydrogen-bond donors (Lipinski definition) is 3. The summed E-state index contributed by atoms with van der Waals surface area (Å²) in [7, 11) is -2.12. The molecule has 1 heterocycles. The molecular weight excluding hydrogens is 246 g/mol. The van der Waals surface area contributed by atoms with Gasteiger partial charge in [0.1, 0.15) is 10.6 Å². The van der Waals surface area contributed by atoms with Gasteiger partial charge < -0.3 is 15.4 Å². The zero-order valence-electron chi connectivity index (χ0n) is 9.38. The van der Waals surface area contributed by atoms with Crippen molar-refractivity contribution in [3.63, 3.8) is 0 Å². The minimum Gasteiger partial charge on any atom is -0.396 e. The first-order valence-corrected chi connectivity index (χ1v) is 6.43. The minimum atomic E-state index is -3.66. The van der Waals surface area contributed by atoms with E-state index in [1.54, 1.807) is 0 Å². The third-order valence-electron chi connectivity index (χ3n) is 2.17. The summed E-state index contributed by atoms with van der Waals surface area (Å²) in [5.41, 5.74) is 5.20. The standard InChI is InChI=1S/C9H15N3O4S/c1-12-6-7(5-8(12)9(10)14)17(15,16)11-3-2-4-13/h5-6,11,13H,2-4H2,1H3,(H2,10,14). The number of aliphatic hydroxyl groups excluding tert-OH is 1. The second kappa shape index (κ2) is 5.30. The molecule has 1 aromatic rings. The van der Waals surface area contributed by atoms with Crippen molar-refractivity contribution in [2.75, 3.05) is 13.2 Å². The molecule has 0 unspecified atom stereocenters. The molecule has 1 rings (SSSR count). The van der Waals surface area contributed by atoms with Gasteiger partial charge in [0.05, 0.1) is 0 Å². The Balaban J connectivity index is 2.92. The van der Waals surface area contributed by atoms with Crippen LogP contribution in [0.2, 0.25) is 0 Å². The number of nitrogens with zero attached hydrogens (tertiary/aromatic N) is 1. The topological polar surface area (TPSA) is 114 Å². The SMILES string of the molecule is Cn1cc(S(=O)(=O)NCCCO)cc1C(N)=O. The Labute approximate surface area is 99.3 Å². The van der Waals surface area contributed by atoms with Crippen LogP contribution >= 0.6 is 0 Å². The second-order valence-corrected chi connectivity index (χ2v) is 5.28.